The molecule has 2 atom stereocenters. The van der Waals surface area contributed by atoms with Crippen molar-refractivity contribution in [3.05, 3.63) is 41.1 Å². The van der Waals surface area contributed by atoms with E-state index in [9.17, 15) is 0 Å². The van der Waals surface area contributed by atoms with E-state index < -0.39 is 20.1 Å². The summed E-state index contributed by atoms with van der Waals surface area (Å²) in [6, 6.07) is 0. The van der Waals surface area contributed by atoms with Crippen LogP contribution in [0.1, 0.15) is 41.5 Å². The summed E-state index contributed by atoms with van der Waals surface area (Å²) in [6.07, 6.45) is 4.97. The smallest absolute Gasteiger partial charge is 1.00 e. The van der Waals surface area contributed by atoms with Gasteiger partial charge in [0.1, 0.15) is 0 Å². The van der Waals surface area contributed by atoms with Crippen molar-refractivity contribution in [2.24, 2.45) is 11.8 Å². The maximum atomic E-state index is 2.58. The van der Waals surface area contributed by atoms with Crippen molar-refractivity contribution in [2.75, 3.05) is 0 Å². The molecular formula is C18H28Cl2HfSi. The molecule has 0 aliphatic heterocycles. The number of hydrogen-bond acceptors (Lipinski definition) is 0. The summed E-state index contributed by atoms with van der Waals surface area (Å²) in [5, 5.41) is 0. The Morgan fingerprint density at radius 3 is 1.82 bits per heavy atom. The molecule has 2 rings (SSSR count). The fourth-order valence-electron chi connectivity index (χ4n) is 3.76. The summed E-state index contributed by atoms with van der Waals surface area (Å²) >= 11 is -1.85. The van der Waals surface area contributed by atoms with Gasteiger partial charge in [0.15, 0.2) is 0 Å². The molecule has 0 spiro atoms. The summed E-state index contributed by atoms with van der Waals surface area (Å²) in [4.78, 5) is 0. The zero-order valence-electron chi connectivity index (χ0n) is 15.1. The van der Waals surface area contributed by atoms with Crippen LogP contribution >= 0.6 is 0 Å². The standard InChI is InChI=1S/2C8H11.C2H6Si.2ClH.Hf/c2*1-6-4-7(2)8(3)5-6;1-3-2;;;/h4,8H,1-3H3;4,6H,1-3H3;1-2H3;2*1H;/q;;;;;+2/p-2. The van der Waals surface area contributed by atoms with Crippen LogP contribution in [0.2, 0.25) is 13.1 Å². The van der Waals surface area contributed by atoms with Gasteiger partial charge in [0, 0.05) is 0 Å². The number of rotatable bonds is 2. The van der Waals surface area contributed by atoms with E-state index in [1.807, 2.05) is 6.66 Å². The number of halogens is 2. The molecule has 0 aromatic carbocycles. The topological polar surface area (TPSA) is 0 Å². The summed E-state index contributed by atoms with van der Waals surface area (Å²) in [6.45, 7) is 19.4. The van der Waals surface area contributed by atoms with Crippen molar-refractivity contribution >= 4 is 5.49 Å². The fraction of sp³-hybridized carbons (Fsp3) is 0.556. The largest absolute Gasteiger partial charge is 1.00 e. The molecule has 2 aliphatic carbocycles. The predicted molar refractivity (Wildman–Crippen MR) is 88.7 cm³/mol. The molecule has 0 aromatic heterocycles. The van der Waals surface area contributed by atoms with Crippen LogP contribution in [0, 0.1) is 11.8 Å². The molecule has 0 fully saturated rings. The van der Waals surface area contributed by atoms with Crippen molar-refractivity contribution in [3.8, 4) is 0 Å². The second-order valence-corrected chi connectivity index (χ2v) is 30.2. The fourth-order valence-corrected chi connectivity index (χ4v) is 32.3. The Hall–Kier alpha value is 0.627. The molecular weight excluding hydrogens is 494 g/mol. The van der Waals surface area contributed by atoms with Crippen LogP contribution in [0.5, 0.6) is 0 Å². The third-order valence-corrected chi connectivity index (χ3v) is 31.0. The molecule has 0 saturated heterocycles. The van der Waals surface area contributed by atoms with Crippen LogP contribution < -0.4 is 24.8 Å². The van der Waals surface area contributed by atoms with Crippen LogP contribution in [-0.4, -0.2) is 5.49 Å². The van der Waals surface area contributed by atoms with E-state index in [2.05, 4.69) is 66.8 Å². The molecule has 22 heavy (non-hydrogen) atoms. The Balaban J connectivity index is 0.00000220. The second-order valence-electron chi connectivity index (χ2n) is 6.76. The molecule has 0 N–H and O–H groups in total. The van der Waals surface area contributed by atoms with E-state index in [1.165, 1.54) is 0 Å². The van der Waals surface area contributed by atoms with Crippen LogP contribution in [0.3, 0.4) is 0 Å². The van der Waals surface area contributed by atoms with Crippen molar-refractivity contribution in [2.45, 2.75) is 54.6 Å². The van der Waals surface area contributed by atoms with E-state index in [1.54, 1.807) is 22.3 Å². The molecule has 2 unspecified atom stereocenters. The third kappa shape index (κ3) is 3.99. The minimum atomic E-state index is -1.85. The van der Waals surface area contributed by atoms with E-state index in [-0.39, 0.29) is 30.3 Å². The molecule has 0 heterocycles. The minimum absolute atomic E-state index is 0. The van der Waals surface area contributed by atoms with E-state index in [0.717, 1.165) is 5.92 Å². The first-order valence-corrected chi connectivity index (χ1v) is 19.2. The van der Waals surface area contributed by atoms with Gasteiger partial charge in [0.25, 0.3) is 0 Å². The van der Waals surface area contributed by atoms with Gasteiger partial charge in [-0.15, -0.1) is 0 Å². The SMILES string of the molecule is CC1=CC(C)[C]([Hf+2]([C]2=C(C)C=C(C)C2C)=[Si](C)C)=C1C.[Cl-].[Cl-]. The van der Waals surface area contributed by atoms with Gasteiger partial charge in [-0.2, -0.15) is 0 Å². The van der Waals surface area contributed by atoms with Gasteiger partial charge < -0.3 is 24.8 Å². The maximum Gasteiger partial charge on any atom is -1.00 e. The summed E-state index contributed by atoms with van der Waals surface area (Å²) in [5.41, 5.74) is 6.24. The van der Waals surface area contributed by atoms with E-state index in [4.69, 9.17) is 0 Å². The number of allylic oxidation sites excluding steroid dienone is 8. The second kappa shape index (κ2) is 8.64. The van der Waals surface area contributed by atoms with Gasteiger partial charge in [0.2, 0.25) is 0 Å². The zero-order chi connectivity index (χ0) is 15.2. The third-order valence-electron chi connectivity index (χ3n) is 4.97. The first kappa shape index (κ1) is 22.6. The Morgan fingerprint density at radius 1 is 0.955 bits per heavy atom. The van der Waals surface area contributed by atoms with Crippen LogP contribution in [-0.2, 0) is 20.1 Å². The first-order valence-electron chi connectivity index (χ1n) is 7.72. The Morgan fingerprint density at radius 2 is 1.50 bits per heavy atom. The molecule has 122 valence electrons. The normalized spacial score (nSPS) is 23.4. The minimum Gasteiger partial charge on any atom is -1.00 e. The molecule has 0 radical (unpaired) electrons. The zero-order valence-corrected chi connectivity index (χ0v) is 21.2. The van der Waals surface area contributed by atoms with Gasteiger partial charge in [-0.05, 0) is 0 Å². The Bertz CT molecular complexity index is 617. The Labute approximate surface area is 157 Å². The van der Waals surface area contributed by atoms with E-state index >= 15 is 0 Å². The van der Waals surface area contributed by atoms with Crippen LogP contribution in [0.25, 0.3) is 0 Å². The maximum absolute atomic E-state index is 2.58. The molecule has 0 saturated carbocycles. The van der Waals surface area contributed by atoms with Crippen LogP contribution in [0.15, 0.2) is 41.1 Å². The summed E-state index contributed by atoms with van der Waals surface area (Å²) in [7, 11) is 0. The van der Waals surface area contributed by atoms with Gasteiger partial charge in [-0.25, -0.2) is 0 Å². The van der Waals surface area contributed by atoms with Gasteiger partial charge in [-0.3, -0.25) is 0 Å². The van der Waals surface area contributed by atoms with Crippen LogP contribution in [0.4, 0.5) is 0 Å². The molecule has 0 amide bonds. The van der Waals surface area contributed by atoms with Gasteiger partial charge in [-0.1, -0.05) is 0 Å². The number of hydrogen-bond donors (Lipinski definition) is 0. The monoisotopic (exact) mass is 522 g/mol. The van der Waals surface area contributed by atoms with Gasteiger partial charge >= 0.3 is 133 Å². The van der Waals surface area contributed by atoms with Crippen molar-refractivity contribution in [3.63, 3.8) is 0 Å². The van der Waals surface area contributed by atoms with Crippen molar-refractivity contribution in [1.82, 2.24) is 0 Å². The molecule has 2 aliphatic rings. The average Bonchev–Trinajstić information content (AvgIpc) is 2.72. The summed E-state index contributed by atoms with van der Waals surface area (Å²) in [5.74, 6) is 1.44. The molecule has 0 aromatic rings. The average molecular weight is 522 g/mol. The van der Waals surface area contributed by atoms with Crippen molar-refractivity contribution in [1.29, 1.82) is 0 Å². The summed E-state index contributed by atoms with van der Waals surface area (Å²) < 4.78 is 3.85. The molecule has 0 nitrogen and oxygen atoms in total. The van der Waals surface area contributed by atoms with Crippen molar-refractivity contribution < 1.29 is 44.9 Å². The predicted octanol–water partition coefficient (Wildman–Crippen LogP) is -0.396. The van der Waals surface area contributed by atoms with E-state index in [0.29, 0.717) is 5.92 Å². The Kier molecular flexibility index (Phi) is 8.89. The quantitative estimate of drug-likeness (QED) is 0.434. The molecule has 4 heteroatoms. The molecule has 0 bridgehead atoms. The first-order chi connectivity index (χ1) is 9.25. The van der Waals surface area contributed by atoms with Gasteiger partial charge in [0.05, 0.1) is 0 Å².